The van der Waals surface area contributed by atoms with Crippen molar-refractivity contribution in [2.75, 3.05) is 11.8 Å². The fourth-order valence-electron chi connectivity index (χ4n) is 1.89. The van der Waals surface area contributed by atoms with Crippen LogP contribution in [0, 0.1) is 0 Å². The first-order valence-corrected chi connectivity index (χ1v) is 8.48. The van der Waals surface area contributed by atoms with Crippen molar-refractivity contribution in [3.05, 3.63) is 58.6 Å². The van der Waals surface area contributed by atoms with Gasteiger partial charge < -0.3 is 4.74 Å². The number of carbonyl (C=O) groups excluding carboxylic acids is 1. The molecule has 0 aromatic heterocycles. The summed E-state index contributed by atoms with van der Waals surface area (Å²) in [5.74, 6) is -0.732. The van der Waals surface area contributed by atoms with E-state index in [1.54, 1.807) is 0 Å². The van der Waals surface area contributed by atoms with E-state index in [0.717, 1.165) is 19.2 Å². The van der Waals surface area contributed by atoms with E-state index in [1.165, 1.54) is 18.2 Å². The topological polar surface area (TPSA) is 72.5 Å². The molecule has 0 unspecified atom stereocenters. The zero-order valence-corrected chi connectivity index (χ0v) is 14.2. The van der Waals surface area contributed by atoms with Crippen molar-refractivity contribution in [3.8, 4) is 0 Å². The Kier molecular flexibility index (Phi) is 5.28. The van der Waals surface area contributed by atoms with Gasteiger partial charge >= 0.3 is 12.1 Å². The number of benzene rings is 2. The normalized spacial score (nSPS) is 11.9. The van der Waals surface area contributed by atoms with Gasteiger partial charge in [-0.2, -0.15) is 13.2 Å². The summed E-state index contributed by atoms with van der Waals surface area (Å²) in [4.78, 5) is 11.2. The minimum Gasteiger partial charge on any atom is -0.465 e. The van der Waals surface area contributed by atoms with Crippen molar-refractivity contribution in [2.24, 2.45) is 0 Å². The highest BCUT2D eigenvalue weighted by Gasteiger charge is 2.31. The van der Waals surface area contributed by atoms with Crippen LogP contribution in [-0.4, -0.2) is 21.5 Å². The summed E-state index contributed by atoms with van der Waals surface area (Å²) in [6.07, 6.45) is -4.60. The molecule has 0 fully saturated rings. The molecule has 0 aliphatic carbocycles. The molecule has 0 amide bonds. The first-order chi connectivity index (χ1) is 11.5. The van der Waals surface area contributed by atoms with E-state index in [2.05, 4.69) is 9.46 Å². The number of esters is 1. The van der Waals surface area contributed by atoms with Crippen molar-refractivity contribution in [3.63, 3.8) is 0 Å². The van der Waals surface area contributed by atoms with Crippen LogP contribution in [0.2, 0.25) is 5.02 Å². The van der Waals surface area contributed by atoms with Crippen molar-refractivity contribution >= 4 is 33.3 Å². The Morgan fingerprint density at radius 2 is 1.84 bits per heavy atom. The number of sulfonamides is 1. The number of alkyl halides is 3. The van der Waals surface area contributed by atoms with Gasteiger partial charge in [-0.3, -0.25) is 4.72 Å². The number of nitrogens with one attached hydrogen (secondary N) is 1. The van der Waals surface area contributed by atoms with E-state index in [4.69, 9.17) is 11.6 Å². The predicted octanol–water partition coefficient (Wildman–Crippen LogP) is 3.95. The molecule has 0 spiro atoms. The molecule has 5 nitrogen and oxygen atoms in total. The van der Waals surface area contributed by atoms with Crippen LogP contribution in [0.5, 0.6) is 0 Å². The van der Waals surface area contributed by atoms with Gasteiger partial charge in [0.05, 0.1) is 33.8 Å². The molecule has 0 radical (unpaired) electrons. The van der Waals surface area contributed by atoms with Crippen LogP contribution < -0.4 is 4.72 Å². The third-order valence-corrected chi connectivity index (χ3v) is 4.78. The minimum absolute atomic E-state index is 0.00360. The molecular weight excluding hydrogens is 383 g/mol. The van der Waals surface area contributed by atoms with Crippen LogP contribution in [0.15, 0.2) is 47.4 Å². The van der Waals surface area contributed by atoms with Gasteiger partial charge in [0.1, 0.15) is 0 Å². The lowest BCUT2D eigenvalue weighted by atomic mass is 10.2. The van der Waals surface area contributed by atoms with Gasteiger partial charge in [-0.1, -0.05) is 17.7 Å². The van der Waals surface area contributed by atoms with Crippen LogP contribution in [0.4, 0.5) is 18.9 Å². The van der Waals surface area contributed by atoms with Crippen molar-refractivity contribution < 1.29 is 31.1 Å². The Bertz CT molecular complexity index is 913. The van der Waals surface area contributed by atoms with Gasteiger partial charge in [-0.25, -0.2) is 13.2 Å². The van der Waals surface area contributed by atoms with E-state index in [0.29, 0.717) is 12.1 Å². The standard InChI is InChI=1S/C15H11ClF3NO4S/c1-24-14(21)9-3-2-4-11(7-9)25(22,23)20-13-6-5-10(8-12(13)16)15(17,18)19/h2-8,20H,1H3. The third kappa shape index (κ3) is 4.43. The number of hydrogen-bond donors (Lipinski definition) is 1. The molecule has 0 atom stereocenters. The van der Waals surface area contributed by atoms with E-state index in [9.17, 15) is 26.4 Å². The number of halogens is 4. The number of carbonyl (C=O) groups is 1. The van der Waals surface area contributed by atoms with Gasteiger partial charge in [0.25, 0.3) is 10.0 Å². The zero-order valence-electron chi connectivity index (χ0n) is 12.6. The summed E-state index contributed by atoms with van der Waals surface area (Å²) in [6, 6.07) is 7.20. The lowest BCUT2D eigenvalue weighted by molar-refractivity contribution is -0.137. The Labute approximate surface area is 146 Å². The molecule has 0 saturated carbocycles. The zero-order chi connectivity index (χ0) is 18.8. The van der Waals surface area contributed by atoms with Crippen molar-refractivity contribution in [1.29, 1.82) is 0 Å². The molecule has 1 N–H and O–H groups in total. The second-order valence-electron chi connectivity index (χ2n) is 4.82. The molecule has 0 bridgehead atoms. The molecular formula is C15H11ClF3NO4S. The third-order valence-electron chi connectivity index (χ3n) is 3.11. The number of methoxy groups -OCH3 is 1. The SMILES string of the molecule is COC(=O)c1cccc(S(=O)(=O)Nc2ccc(C(F)(F)F)cc2Cl)c1. The number of anilines is 1. The highest BCUT2D eigenvalue weighted by atomic mass is 35.5. The largest absolute Gasteiger partial charge is 0.465 e. The van der Waals surface area contributed by atoms with E-state index < -0.39 is 32.8 Å². The monoisotopic (exact) mass is 393 g/mol. The van der Waals surface area contributed by atoms with E-state index >= 15 is 0 Å². The molecule has 10 heteroatoms. The second kappa shape index (κ2) is 6.93. The lowest BCUT2D eigenvalue weighted by Crippen LogP contribution is -2.15. The second-order valence-corrected chi connectivity index (χ2v) is 6.91. The van der Waals surface area contributed by atoms with Crippen molar-refractivity contribution in [2.45, 2.75) is 11.1 Å². The lowest BCUT2D eigenvalue weighted by Gasteiger charge is -2.12. The number of hydrogen-bond acceptors (Lipinski definition) is 4. The molecule has 134 valence electrons. The van der Waals surface area contributed by atoms with Crippen LogP contribution in [0.1, 0.15) is 15.9 Å². The smallest absolute Gasteiger partial charge is 0.416 e. The van der Waals surface area contributed by atoms with Crippen LogP contribution in [-0.2, 0) is 20.9 Å². The first kappa shape index (κ1) is 19.1. The number of ether oxygens (including phenoxy) is 1. The average molecular weight is 394 g/mol. The Morgan fingerprint density at radius 3 is 2.40 bits per heavy atom. The molecule has 0 saturated heterocycles. The molecule has 0 aliphatic rings. The average Bonchev–Trinajstić information content (AvgIpc) is 2.55. The van der Waals surface area contributed by atoms with E-state index in [1.807, 2.05) is 0 Å². The maximum absolute atomic E-state index is 12.6. The van der Waals surface area contributed by atoms with Crippen molar-refractivity contribution in [1.82, 2.24) is 0 Å². The minimum atomic E-state index is -4.60. The molecule has 2 aromatic carbocycles. The highest BCUT2D eigenvalue weighted by molar-refractivity contribution is 7.92. The van der Waals surface area contributed by atoms with Crippen LogP contribution in [0.3, 0.4) is 0 Å². The summed E-state index contributed by atoms with van der Waals surface area (Å²) in [7, 11) is -3.03. The van der Waals surface area contributed by atoms with Gasteiger partial charge in [0, 0.05) is 0 Å². The fourth-order valence-corrected chi connectivity index (χ4v) is 3.29. The molecule has 25 heavy (non-hydrogen) atoms. The van der Waals surface area contributed by atoms with Gasteiger partial charge in [0.15, 0.2) is 0 Å². The first-order valence-electron chi connectivity index (χ1n) is 6.62. The van der Waals surface area contributed by atoms with Gasteiger partial charge in [-0.15, -0.1) is 0 Å². The highest BCUT2D eigenvalue weighted by Crippen LogP contribution is 2.34. The Balaban J connectivity index is 2.35. The Morgan fingerprint density at radius 1 is 1.16 bits per heavy atom. The molecule has 0 heterocycles. The summed E-state index contributed by atoms with van der Waals surface area (Å²) < 4.78 is 69.1. The van der Waals surface area contributed by atoms with Gasteiger partial charge in [-0.05, 0) is 36.4 Å². The van der Waals surface area contributed by atoms with Gasteiger partial charge in [0.2, 0.25) is 0 Å². The predicted molar refractivity (Wildman–Crippen MR) is 85.0 cm³/mol. The molecule has 2 aromatic rings. The summed E-state index contributed by atoms with van der Waals surface area (Å²) in [6.45, 7) is 0. The van der Waals surface area contributed by atoms with Crippen LogP contribution in [0.25, 0.3) is 0 Å². The Hall–Kier alpha value is -2.26. The summed E-state index contributed by atoms with van der Waals surface area (Å²) >= 11 is 5.73. The maximum Gasteiger partial charge on any atom is 0.416 e. The molecule has 2 rings (SSSR count). The number of rotatable bonds is 4. The van der Waals surface area contributed by atoms with Crippen LogP contribution >= 0.6 is 11.6 Å². The fraction of sp³-hybridized carbons (Fsp3) is 0.133. The quantitative estimate of drug-likeness (QED) is 0.798. The molecule has 0 aliphatic heterocycles. The maximum atomic E-state index is 12.6. The summed E-state index contributed by atoms with van der Waals surface area (Å²) in [5, 5.41) is -0.414. The summed E-state index contributed by atoms with van der Waals surface area (Å²) in [5.41, 5.74) is -1.23. The van der Waals surface area contributed by atoms with E-state index in [-0.39, 0.29) is 16.1 Å².